The third-order valence-electron chi connectivity index (χ3n) is 4.45. The van der Waals surface area contributed by atoms with E-state index in [2.05, 4.69) is 15.4 Å². The lowest BCUT2D eigenvalue weighted by molar-refractivity contribution is -0.137. The van der Waals surface area contributed by atoms with E-state index >= 15 is 0 Å². The highest BCUT2D eigenvalue weighted by atomic mass is 32.2. The van der Waals surface area contributed by atoms with E-state index in [0.717, 1.165) is 49.4 Å². The number of nitrogens with one attached hydrogen (secondary N) is 3. The first-order valence-corrected chi connectivity index (χ1v) is 11.0. The number of anilines is 3. The minimum atomic E-state index is -4.69. The van der Waals surface area contributed by atoms with Crippen LogP contribution in [-0.4, -0.2) is 20.2 Å². The van der Waals surface area contributed by atoms with E-state index in [0.29, 0.717) is 6.07 Å². The predicted molar refractivity (Wildman–Crippen MR) is 117 cm³/mol. The van der Waals surface area contributed by atoms with E-state index in [1.54, 1.807) is 0 Å². The second-order valence-corrected chi connectivity index (χ2v) is 8.69. The summed E-state index contributed by atoms with van der Waals surface area (Å²) in [7, 11) is -4.17. The number of alkyl halides is 3. The zero-order chi connectivity index (χ0) is 25.1. The average molecular weight is 495 g/mol. The highest BCUT2D eigenvalue weighted by Crippen LogP contribution is 2.34. The van der Waals surface area contributed by atoms with Gasteiger partial charge < -0.3 is 10.6 Å². The van der Waals surface area contributed by atoms with Gasteiger partial charge in [-0.25, -0.2) is 12.8 Å². The molecule has 3 aromatic rings. The number of sulfonamides is 1. The number of benzene rings is 3. The molecular weight excluding hydrogens is 478 g/mol. The fourth-order valence-electron chi connectivity index (χ4n) is 2.85. The lowest BCUT2D eigenvalue weighted by Gasteiger charge is -2.15. The van der Waals surface area contributed by atoms with Gasteiger partial charge in [-0.05, 0) is 54.6 Å². The van der Waals surface area contributed by atoms with Gasteiger partial charge in [-0.1, -0.05) is 12.1 Å². The van der Waals surface area contributed by atoms with E-state index in [9.17, 15) is 35.6 Å². The van der Waals surface area contributed by atoms with Gasteiger partial charge in [0.2, 0.25) is 5.91 Å². The van der Waals surface area contributed by atoms with Crippen LogP contribution in [-0.2, 0) is 21.0 Å². The van der Waals surface area contributed by atoms with Gasteiger partial charge in [0.05, 0.1) is 27.5 Å². The number of carbonyl (C=O) groups excluding carboxylic acids is 2. The Morgan fingerprint density at radius 2 is 1.47 bits per heavy atom. The number of amides is 2. The lowest BCUT2D eigenvalue weighted by Crippen LogP contribution is -2.17. The summed E-state index contributed by atoms with van der Waals surface area (Å²) in [5.41, 5.74) is -1.73. The van der Waals surface area contributed by atoms with Crippen molar-refractivity contribution in [2.75, 3.05) is 15.4 Å². The molecule has 0 atom stereocenters. The van der Waals surface area contributed by atoms with Crippen LogP contribution < -0.4 is 15.4 Å². The molecule has 12 heteroatoms. The Morgan fingerprint density at radius 3 is 2.06 bits per heavy atom. The maximum Gasteiger partial charge on any atom is 0.416 e. The molecular formula is C22H17F4N3O4S. The summed E-state index contributed by atoms with van der Waals surface area (Å²) in [6, 6.07) is 12.0. The van der Waals surface area contributed by atoms with Gasteiger partial charge in [-0.15, -0.1) is 0 Å². The van der Waals surface area contributed by atoms with E-state index in [4.69, 9.17) is 0 Å². The highest BCUT2D eigenvalue weighted by molar-refractivity contribution is 7.92. The highest BCUT2D eigenvalue weighted by Gasteiger charge is 2.31. The molecule has 2 amide bonds. The Labute approximate surface area is 191 Å². The topological polar surface area (TPSA) is 104 Å². The number of hydrogen-bond donors (Lipinski definition) is 3. The molecule has 7 nitrogen and oxygen atoms in total. The van der Waals surface area contributed by atoms with Gasteiger partial charge in [-0.3, -0.25) is 14.3 Å². The van der Waals surface area contributed by atoms with Crippen molar-refractivity contribution >= 4 is 38.9 Å². The van der Waals surface area contributed by atoms with Gasteiger partial charge in [0.1, 0.15) is 5.82 Å². The van der Waals surface area contributed by atoms with E-state index in [-0.39, 0.29) is 27.5 Å². The first-order chi connectivity index (χ1) is 15.9. The fraction of sp³-hybridized carbons (Fsp3) is 0.0909. The quantitative estimate of drug-likeness (QED) is 0.425. The number of rotatable bonds is 6. The van der Waals surface area contributed by atoms with Gasteiger partial charge in [0, 0.05) is 12.5 Å². The van der Waals surface area contributed by atoms with Crippen LogP contribution in [0.25, 0.3) is 0 Å². The SMILES string of the molecule is CC(=O)Nc1ccc(C(F)(F)F)cc1NC(=O)c1ccc(S(=O)(=O)Nc2ccccc2F)cc1. The molecule has 178 valence electrons. The van der Waals surface area contributed by atoms with Crippen LogP contribution in [0.3, 0.4) is 0 Å². The summed E-state index contributed by atoms with van der Waals surface area (Å²) < 4.78 is 80.0. The smallest absolute Gasteiger partial charge is 0.325 e. The van der Waals surface area contributed by atoms with E-state index < -0.39 is 39.4 Å². The first-order valence-electron chi connectivity index (χ1n) is 9.54. The summed E-state index contributed by atoms with van der Waals surface area (Å²) in [4.78, 5) is 23.7. The molecule has 0 spiro atoms. The lowest BCUT2D eigenvalue weighted by atomic mass is 10.1. The third-order valence-corrected chi connectivity index (χ3v) is 5.83. The Balaban J connectivity index is 1.83. The molecule has 0 unspecified atom stereocenters. The number of halogens is 4. The molecule has 0 fully saturated rings. The molecule has 0 saturated heterocycles. The Kier molecular flexibility index (Phi) is 6.91. The summed E-state index contributed by atoms with van der Waals surface area (Å²) in [5, 5.41) is 4.61. The Morgan fingerprint density at radius 1 is 0.824 bits per heavy atom. The van der Waals surface area contributed by atoms with Crippen LogP contribution in [0.1, 0.15) is 22.8 Å². The minimum absolute atomic E-state index is 0.0536. The summed E-state index contributed by atoms with van der Waals surface area (Å²) in [6.45, 7) is 1.15. The van der Waals surface area contributed by atoms with Crippen LogP contribution in [0, 0.1) is 5.82 Å². The number of hydrogen-bond acceptors (Lipinski definition) is 4. The molecule has 0 heterocycles. The van der Waals surface area contributed by atoms with Crippen molar-refractivity contribution in [1.29, 1.82) is 0 Å². The molecule has 0 aromatic heterocycles. The van der Waals surface area contributed by atoms with E-state index in [1.165, 1.54) is 18.2 Å². The minimum Gasteiger partial charge on any atom is -0.325 e. The molecule has 0 bridgehead atoms. The van der Waals surface area contributed by atoms with Crippen molar-refractivity contribution < 1.29 is 35.6 Å². The van der Waals surface area contributed by atoms with Crippen molar-refractivity contribution in [3.63, 3.8) is 0 Å². The van der Waals surface area contributed by atoms with Crippen LogP contribution >= 0.6 is 0 Å². The maximum absolute atomic E-state index is 13.8. The molecule has 0 aliphatic carbocycles. The van der Waals surface area contributed by atoms with Gasteiger partial charge in [0.25, 0.3) is 15.9 Å². The van der Waals surface area contributed by atoms with Gasteiger partial charge in [0.15, 0.2) is 0 Å². The third kappa shape index (κ3) is 5.90. The van der Waals surface area contributed by atoms with Crippen molar-refractivity contribution in [2.24, 2.45) is 0 Å². The van der Waals surface area contributed by atoms with Crippen LogP contribution in [0.5, 0.6) is 0 Å². The van der Waals surface area contributed by atoms with Crippen LogP contribution in [0.15, 0.2) is 71.6 Å². The molecule has 0 aliphatic heterocycles. The van der Waals surface area contributed by atoms with Gasteiger partial charge in [-0.2, -0.15) is 13.2 Å². The zero-order valence-corrected chi connectivity index (χ0v) is 18.2. The normalized spacial score (nSPS) is 11.6. The number of para-hydroxylation sites is 1. The predicted octanol–water partition coefficient (Wildman–Crippen LogP) is 4.86. The molecule has 3 N–H and O–H groups in total. The summed E-state index contributed by atoms with van der Waals surface area (Å²) in [6.07, 6.45) is -4.69. The summed E-state index contributed by atoms with van der Waals surface area (Å²) >= 11 is 0. The molecule has 0 aliphatic rings. The van der Waals surface area contributed by atoms with Crippen molar-refractivity contribution in [1.82, 2.24) is 0 Å². The second-order valence-electron chi connectivity index (χ2n) is 7.00. The second kappa shape index (κ2) is 9.51. The molecule has 0 radical (unpaired) electrons. The Hall–Kier alpha value is -3.93. The molecule has 0 saturated carbocycles. The monoisotopic (exact) mass is 495 g/mol. The van der Waals surface area contributed by atoms with Crippen molar-refractivity contribution in [3.8, 4) is 0 Å². The van der Waals surface area contributed by atoms with Crippen molar-refractivity contribution in [2.45, 2.75) is 18.0 Å². The largest absolute Gasteiger partial charge is 0.416 e. The summed E-state index contributed by atoms with van der Waals surface area (Å²) in [5.74, 6) is -2.19. The van der Waals surface area contributed by atoms with Crippen molar-refractivity contribution in [3.05, 3.63) is 83.7 Å². The van der Waals surface area contributed by atoms with Crippen LogP contribution in [0.2, 0.25) is 0 Å². The average Bonchev–Trinajstić information content (AvgIpc) is 2.75. The number of carbonyl (C=O) groups is 2. The Bertz CT molecular complexity index is 1340. The molecule has 34 heavy (non-hydrogen) atoms. The van der Waals surface area contributed by atoms with Crippen LogP contribution in [0.4, 0.5) is 34.6 Å². The van der Waals surface area contributed by atoms with E-state index in [1.807, 2.05) is 0 Å². The fourth-order valence-corrected chi connectivity index (χ4v) is 3.92. The molecule has 3 rings (SSSR count). The first kappa shape index (κ1) is 24.7. The zero-order valence-electron chi connectivity index (χ0n) is 17.4. The standard InChI is InChI=1S/C22H17F4N3O4S/c1-13(30)27-19-11-8-15(22(24,25)26)12-20(19)28-21(31)14-6-9-16(10-7-14)34(32,33)29-18-5-3-2-4-17(18)23/h2-12,29H,1H3,(H,27,30)(H,28,31). The maximum atomic E-state index is 13.8. The van der Waals surface area contributed by atoms with Gasteiger partial charge >= 0.3 is 6.18 Å². The molecule has 3 aromatic carbocycles.